The number of rotatable bonds is 9. The largest absolute Gasteiger partial charge is 0.444 e. The molecule has 3 amide bonds. The van der Waals surface area contributed by atoms with Crippen LogP contribution in [0.25, 0.3) is 0 Å². The Bertz CT molecular complexity index is 1950. The average molecular weight is 753 g/mol. The van der Waals surface area contributed by atoms with Gasteiger partial charge in [-0.1, -0.05) is 43.8 Å². The Labute approximate surface area is 307 Å². The highest BCUT2D eigenvalue weighted by Crippen LogP contribution is 2.25. The van der Waals surface area contributed by atoms with Crippen LogP contribution < -0.4 is 33.2 Å². The summed E-state index contributed by atoms with van der Waals surface area (Å²) < 4.78 is 30.9. The first-order chi connectivity index (χ1) is 24.4. The zero-order chi connectivity index (χ0) is 38.7. The molecule has 4 aromatic rings. The van der Waals surface area contributed by atoms with Gasteiger partial charge in [0.1, 0.15) is 35.2 Å². The lowest BCUT2D eigenvalue weighted by Gasteiger charge is -2.19. The molecule has 20 heteroatoms. The molecule has 0 bridgehead atoms. The molecule has 284 valence electrons. The van der Waals surface area contributed by atoms with Crippen molar-refractivity contribution < 1.29 is 32.1 Å². The fraction of sp³-hybridized carbons (Fsp3) is 0.242. The first-order valence-electron chi connectivity index (χ1n) is 15.1. The Kier molecular flexibility index (Phi) is 18.3. The summed E-state index contributed by atoms with van der Waals surface area (Å²) in [5, 5.41) is 23.6. The summed E-state index contributed by atoms with van der Waals surface area (Å²) in [5.41, 5.74) is 18.4. The fourth-order valence-corrected chi connectivity index (χ4v) is 3.30. The number of amides is 3. The van der Waals surface area contributed by atoms with Gasteiger partial charge in [-0.15, -0.1) is 10.2 Å². The molecule has 0 saturated heterocycles. The number of anilines is 4. The Balaban J connectivity index is 0.000000476. The lowest BCUT2D eigenvalue weighted by molar-refractivity contribution is -0.116. The third-order valence-corrected chi connectivity index (χ3v) is 5.38. The van der Waals surface area contributed by atoms with Crippen LogP contribution in [0.3, 0.4) is 0 Å². The van der Waals surface area contributed by atoms with Crippen molar-refractivity contribution in [3.63, 3.8) is 0 Å². The average Bonchev–Trinajstić information content (AvgIpc) is 3.06. The van der Waals surface area contributed by atoms with E-state index in [1.54, 1.807) is 57.2 Å². The van der Waals surface area contributed by atoms with E-state index in [-0.39, 0.29) is 43.9 Å². The molecular formula is C33H44N12O7S. The highest BCUT2D eigenvalue weighted by molar-refractivity contribution is 7.85. The van der Waals surface area contributed by atoms with E-state index < -0.39 is 27.7 Å². The smallest absolute Gasteiger partial charge is 0.408 e. The number of carbonyl (C=O) groups excluding carboxylic acids is 3. The minimum atomic E-state index is -3.67. The predicted octanol–water partition coefficient (Wildman–Crippen LogP) is 5.66. The topological polar surface area (TPSA) is 304 Å². The molecule has 10 N–H and O–H groups in total. The summed E-state index contributed by atoms with van der Waals surface area (Å²) in [6.07, 6.45) is 0.0364. The fourth-order valence-electron chi connectivity index (χ4n) is 3.30. The van der Waals surface area contributed by atoms with Crippen LogP contribution in [0, 0.1) is 0 Å². The zero-order valence-electron chi connectivity index (χ0n) is 28.7. The van der Waals surface area contributed by atoms with Gasteiger partial charge in [-0.05, 0) is 69.3 Å². The minimum absolute atomic E-state index is 0. The number of aromatic nitrogens is 2. The van der Waals surface area contributed by atoms with Crippen LogP contribution in [0.2, 0.25) is 0 Å². The van der Waals surface area contributed by atoms with Crippen molar-refractivity contribution in [1.82, 2.24) is 15.3 Å². The van der Waals surface area contributed by atoms with Crippen LogP contribution in [0.1, 0.15) is 28.2 Å². The van der Waals surface area contributed by atoms with Gasteiger partial charge in [0, 0.05) is 0 Å². The summed E-state index contributed by atoms with van der Waals surface area (Å²) in [5.74, 6) is 0.0628. The molecular weight excluding hydrogens is 709 g/mol. The molecule has 0 unspecified atom stereocenters. The van der Waals surface area contributed by atoms with E-state index in [4.69, 9.17) is 26.5 Å². The Morgan fingerprint density at radius 2 is 1.13 bits per heavy atom. The van der Waals surface area contributed by atoms with Crippen LogP contribution in [-0.4, -0.2) is 65.8 Å². The molecule has 0 saturated carbocycles. The van der Waals surface area contributed by atoms with Gasteiger partial charge in [0.25, 0.3) is 10.1 Å². The number of pyridine rings is 2. The highest BCUT2D eigenvalue weighted by Gasteiger charge is 2.17. The number of alkyl carbamates (subject to hydrolysis) is 1. The van der Waals surface area contributed by atoms with Crippen molar-refractivity contribution >= 4 is 74.0 Å². The van der Waals surface area contributed by atoms with Crippen molar-refractivity contribution in [2.24, 2.45) is 26.2 Å². The molecule has 0 aliphatic heterocycles. The number of nitrogens with one attached hydrogen (secondary N) is 3. The third-order valence-electron chi connectivity index (χ3n) is 5.38. The number of ether oxygens (including phenoxy) is 1. The van der Waals surface area contributed by atoms with E-state index in [0.717, 1.165) is 0 Å². The minimum Gasteiger partial charge on any atom is -0.444 e. The number of nitrogen functional groups attached to an aromatic ring is 2. The molecule has 19 nitrogen and oxygen atoms in total. The second kappa shape index (κ2) is 21.8. The molecule has 0 aliphatic rings. The molecule has 0 spiro atoms. The van der Waals surface area contributed by atoms with Crippen molar-refractivity contribution in [2.45, 2.75) is 33.8 Å². The van der Waals surface area contributed by atoms with Gasteiger partial charge in [-0.25, -0.2) is 14.8 Å². The molecule has 2 aromatic heterocycles. The summed E-state index contributed by atoms with van der Waals surface area (Å²) in [7, 11) is -3.67. The molecule has 0 radical (unpaired) electrons. The third kappa shape index (κ3) is 20.2. The van der Waals surface area contributed by atoms with Gasteiger partial charge < -0.3 is 37.9 Å². The van der Waals surface area contributed by atoms with Gasteiger partial charge in [-0.3, -0.25) is 14.1 Å². The maximum atomic E-state index is 11.9. The molecule has 0 fully saturated rings. The van der Waals surface area contributed by atoms with E-state index in [2.05, 4.69) is 46.4 Å². The van der Waals surface area contributed by atoms with Crippen LogP contribution in [0.5, 0.6) is 0 Å². The normalized spacial score (nSPS) is 10.8. The van der Waals surface area contributed by atoms with E-state index in [1.807, 2.05) is 48.5 Å². The van der Waals surface area contributed by atoms with Gasteiger partial charge in [-0.2, -0.15) is 18.6 Å². The zero-order valence-corrected chi connectivity index (χ0v) is 29.5. The number of benzene rings is 2. The SMILES string of the molecule is C.CC(C)(C)OC(=O)NCC(=O)Nc1ccc(N=Nc2ccccc2)c(N)n1.CS(=O)(=O)O.NCC(=O)Nc1ccc(N=Nc2ccccc2)c(N)n1. The van der Waals surface area contributed by atoms with Gasteiger partial charge in [0.2, 0.25) is 11.8 Å². The van der Waals surface area contributed by atoms with Crippen molar-refractivity contribution in [2.75, 3.05) is 41.4 Å². The van der Waals surface area contributed by atoms with Crippen molar-refractivity contribution in [3.8, 4) is 0 Å². The maximum absolute atomic E-state index is 11.9. The van der Waals surface area contributed by atoms with Crippen LogP contribution in [0.15, 0.2) is 105 Å². The number of hydrogen-bond donors (Lipinski definition) is 7. The van der Waals surface area contributed by atoms with Gasteiger partial charge in [0.05, 0.1) is 24.2 Å². The standard InChI is InChI=1S/C18H22N6O3.C13H14N6O.CH4O3S.CH4/c1-18(2,3)27-17(26)20-11-15(25)21-14-10-9-13(16(19)22-14)24-23-12-7-5-4-6-8-12;14-8-12(20)16-11-7-6-10(13(15)17-11)19-18-9-4-2-1-3-5-9;1-5(2,3)4;/h4-10H,11H2,1-3H3,(H,20,26)(H3,19,21,22,25);1-7H,8,14H2,(H3,15,16,17,20);1H3,(H,2,3,4);1H4. The lowest BCUT2D eigenvalue weighted by Crippen LogP contribution is -2.37. The molecule has 0 aliphatic carbocycles. The first kappa shape index (κ1) is 44.6. The Hall–Kier alpha value is -6.38. The van der Waals surface area contributed by atoms with E-state index in [1.165, 1.54) is 0 Å². The summed E-state index contributed by atoms with van der Waals surface area (Å²) in [4.78, 5) is 42.6. The number of nitrogens with two attached hydrogens (primary N) is 3. The number of hydrogen-bond acceptors (Lipinski definition) is 15. The molecule has 4 rings (SSSR count). The monoisotopic (exact) mass is 752 g/mol. The van der Waals surface area contributed by atoms with E-state index in [0.29, 0.717) is 34.8 Å². The summed E-state index contributed by atoms with van der Waals surface area (Å²) in [6.45, 7) is 4.82. The first-order valence-corrected chi connectivity index (χ1v) is 16.9. The predicted molar refractivity (Wildman–Crippen MR) is 203 cm³/mol. The van der Waals surface area contributed by atoms with Gasteiger partial charge >= 0.3 is 6.09 Å². The Morgan fingerprint density at radius 3 is 1.49 bits per heavy atom. The van der Waals surface area contributed by atoms with E-state index >= 15 is 0 Å². The molecule has 0 atom stereocenters. The second-order valence-electron chi connectivity index (χ2n) is 11.2. The quantitative estimate of drug-likeness (QED) is 0.0805. The summed E-state index contributed by atoms with van der Waals surface area (Å²) in [6, 6.07) is 24.8. The molecule has 53 heavy (non-hydrogen) atoms. The molecule has 2 aromatic carbocycles. The van der Waals surface area contributed by atoms with Crippen LogP contribution in [0.4, 0.5) is 50.8 Å². The lowest BCUT2D eigenvalue weighted by atomic mass is 10.2. The second-order valence-corrected chi connectivity index (χ2v) is 12.6. The number of nitrogens with zero attached hydrogens (tertiary/aromatic N) is 6. The highest BCUT2D eigenvalue weighted by atomic mass is 32.2. The number of carbonyl (C=O) groups is 3. The Morgan fingerprint density at radius 1 is 0.736 bits per heavy atom. The summed E-state index contributed by atoms with van der Waals surface area (Å²) >= 11 is 0. The van der Waals surface area contributed by atoms with E-state index in [9.17, 15) is 22.8 Å². The maximum Gasteiger partial charge on any atom is 0.408 e. The van der Waals surface area contributed by atoms with Crippen LogP contribution in [-0.2, 0) is 24.4 Å². The van der Waals surface area contributed by atoms with Gasteiger partial charge in [0.15, 0.2) is 11.6 Å². The number of azo groups is 2. The van der Waals surface area contributed by atoms with Crippen molar-refractivity contribution in [3.05, 3.63) is 84.9 Å². The van der Waals surface area contributed by atoms with Crippen molar-refractivity contribution in [1.29, 1.82) is 0 Å². The molecule has 2 heterocycles. The van der Waals surface area contributed by atoms with Crippen LogP contribution >= 0.6 is 0 Å².